The summed E-state index contributed by atoms with van der Waals surface area (Å²) >= 11 is 0. The van der Waals surface area contributed by atoms with Gasteiger partial charge in [0.25, 0.3) is 11.7 Å². The first-order valence-electron chi connectivity index (χ1n) is 11.8. The summed E-state index contributed by atoms with van der Waals surface area (Å²) in [6, 6.07) is 11.9. The highest BCUT2D eigenvalue weighted by molar-refractivity contribution is 6.46. The van der Waals surface area contributed by atoms with Crippen molar-refractivity contribution in [1.82, 2.24) is 9.80 Å². The maximum Gasteiger partial charge on any atom is 0.295 e. The number of amides is 1. The zero-order chi connectivity index (χ0) is 25.5. The molecule has 186 valence electrons. The molecule has 3 rings (SSSR count). The van der Waals surface area contributed by atoms with Crippen LogP contribution in [0.4, 0.5) is 0 Å². The van der Waals surface area contributed by atoms with Crippen LogP contribution in [0.1, 0.15) is 36.1 Å². The van der Waals surface area contributed by atoms with E-state index in [0.29, 0.717) is 43.4 Å². The van der Waals surface area contributed by atoms with E-state index in [1.165, 1.54) is 4.90 Å². The largest absolute Gasteiger partial charge is 0.507 e. The predicted molar refractivity (Wildman–Crippen MR) is 137 cm³/mol. The smallest absolute Gasteiger partial charge is 0.295 e. The van der Waals surface area contributed by atoms with Gasteiger partial charge in [-0.3, -0.25) is 9.59 Å². The second kappa shape index (κ2) is 11.7. The lowest BCUT2D eigenvalue weighted by atomic mass is 9.94. The fourth-order valence-corrected chi connectivity index (χ4v) is 4.02. The van der Waals surface area contributed by atoms with Gasteiger partial charge in [-0.25, -0.2) is 0 Å². The van der Waals surface area contributed by atoms with Crippen LogP contribution in [0, 0.1) is 6.92 Å². The van der Waals surface area contributed by atoms with E-state index in [-0.39, 0.29) is 11.3 Å². The zero-order valence-electron chi connectivity index (χ0n) is 20.9. The van der Waals surface area contributed by atoms with Gasteiger partial charge in [-0.2, -0.15) is 0 Å². The molecular formula is C28H34N2O5. The molecule has 1 aliphatic rings. The van der Waals surface area contributed by atoms with Gasteiger partial charge in [-0.1, -0.05) is 31.7 Å². The van der Waals surface area contributed by atoms with Crippen molar-refractivity contribution in [3.05, 3.63) is 77.4 Å². The lowest BCUT2D eigenvalue weighted by Crippen LogP contribution is -2.35. The Hall–Kier alpha value is -3.58. The Morgan fingerprint density at radius 1 is 1.11 bits per heavy atom. The molecule has 0 spiro atoms. The van der Waals surface area contributed by atoms with Gasteiger partial charge in [0.1, 0.15) is 23.9 Å². The van der Waals surface area contributed by atoms with Crippen molar-refractivity contribution in [3.63, 3.8) is 0 Å². The number of carbonyl (C=O) groups is 2. The third-order valence-electron chi connectivity index (χ3n) is 5.82. The molecule has 1 unspecified atom stereocenters. The third kappa shape index (κ3) is 5.92. The first kappa shape index (κ1) is 26.0. The number of aryl methyl sites for hydroxylation is 1. The van der Waals surface area contributed by atoms with Crippen molar-refractivity contribution in [2.45, 2.75) is 26.3 Å². The SMILES string of the molecule is C=CCOc1ccc(C(O)=C2C(=O)C(=O)N(CCN(C)C)C2c2ccc(OCCC)cc2)c(C)c1. The van der Waals surface area contributed by atoms with Crippen LogP contribution in [-0.4, -0.2) is 67.0 Å². The Morgan fingerprint density at radius 3 is 2.40 bits per heavy atom. The van der Waals surface area contributed by atoms with Crippen molar-refractivity contribution >= 4 is 17.4 Å². The molecule has 35 heavy (non-hydrogen) atoms. The molecule has 0 aromatic heterocycles. The molecular weight excluding hydrogens is 444 g/mol. The minimum absolute atomic E-state index is 0.0823. The summed E-state index contributed by atoms with van der Waals surface area (Å²) in [5.74, 6) is -0.159. The lowest BCUT2D eigenvalue weighted by molar-refractivity contribution is -0.140. The number of likely N-dealkylation sites (tertiary alicyclic amines) is 1. The Morgan fingerprint density at radius 2 is 1.80 bits per heavy atom. The van der Waals surface area contributed by atoms with Crippen molar-refractivity contribution < 1.29 is 24.2 Å². The minimum Gasteiger partial charge on any atom is -0.507 e. The van der Waals surface area contributed by atoms with Crippen LogP contribution < -0.4 is 9.47 Å². The molecule has 1 fully saturated rings. The van der Waals surface area contributed by atoms with E-state index in [9.17, 15) is 14.7 Å². The zero-order valence-corrected chi connectivity index (χ0v) is 20.9. The van der Waals surface area contributed by atoms with Gasteiger partial charge in [0.15, 0.2) is 0 Å². The third-order valence-corrected chi connectivity index (χ3v) is 5.82. The van der Waals surface area contributed by atoms with Crippen LogP contribution in [0.25, 0.3) is 5.76 Å². The molecule has 2 aromatic carbocycles. The fourth-order valence-electron chi connectivity index (χ4n) is 4.02. The molecule has 0 bridgehead atoms. The molecule has 1 saturated heterocycles. The van der Waals surface area contributed by atoms with Crippen LogP contribution >= 0.6 is 0 Å². The quantitative estimate of drug-likeness (QED) is 0.224. The molecule has 0 aliphatic carbocycles. The average molecular weight is 479 g/mol. The number of rotatable bonds is 11. The second-order valence-electron chi connectivity index (χ2n) is 8.79. The van der Waals surface area contributed by atoms with Crippen LogP contribution in [0.15, 0.2) is 60.7 Å². The molecule has 1 N–H and O–H groups in total. The standard InChI is InChI=1S/C28H34N2O5/c1-6-16-34-21-10-8-20(9-11-21)25-24(27(32)28(33)30(25)15-14-29(4)5)26(31)23-13-12-22(18-19(23)3)35-17-7-2/h7-13,18,25,31H,2,6,14-17H2,1,3-5H3. The van der Waals surface area contributed by atoms with Gasteiger partial charge in [0, 0.05) is 18.7 Å². The fraction of sp³-hybridized carbons (Fsp3) is 0.357. The van der Waals surface area contributed by atoms with E-state index in [2.05, 4.69) is 6.58 Å². The van der Waals surface area contributed by atoms with E-state index in [4.69, 9.17) is 9.47 Å². The summed E-state index contributed by atoms with van der Waals surface area (Å²) in [6.07, 6.45) is 2.54. The number of aliphatic hydroxyl groups is 1. The van der Waals surface area contributed by atoms with Crippen molar-refractivity contribution in [1.29, 1.82) is 0 Å². The maximum absolute atomic E-state index is 13.2. The molecule has 1 heterocycles. The van der Waals surface area contributed by atoms with E-state index in [1.807, 2.05) is 57.1 Å². The number of carbonyl (C=O) groups excluding carboxylic acids is 2. The Labute approximate surface area is 207 Å². The van der Waals surface area contributed by atoms with Gasteiger partial charge in [0.2, 0.25) is 0 Å². The number of nitrogens with zero attached hydrogens (tertiary/aromatic N) is 2. The summed E-state index contributed by atoms with van der Waals surface area (Å²) in [4.78, 5) is 29.8. The van der Waals surface area contributed by atoms with Gasteiger partial charge >= 0.3 is 0 Å². The monoisotopic (exact) mass is 478 g/mol. The van der Waals surface area contributed by atoms with Gasteiger partial charge < -0.3 is 24.4 Å². The molecule has 1 aliphatic heterocycles. The number of likely N-dealkylation sites (N-methyl/N-ethyl adjacent to an activating group) is 1. The van der Waals surface area contributed by atoms with Crippen LogP contribution in [0.2, 0.25) is 0 Å². The van der Waals surface area contributed by atoms with E-state index in [0.717, 1.165) is 17.5 Å². The summed E-state index contributed by atoms with van der Waals surface area (Å²) < 4.78 is 11.3. The summed E-state index contributed by atoms with van der Waals surface area (Å²) in [5, 5.41) is 11.3. The number of hydrogen-bond acceptors (Lipinski definition) is 6. The molecule has 0 saturated carbocycles. The number of hydrogen-bond donors (Lipinski definition) is 1. The van der Waals surface area contributed by atoms with Crippen LogP contribution in [-0.2, 0) is 9.59 Å². The molecule has 1 atom stereocenters. The molecule has 0 radical (unpaired) electrons. The summed E-state index contributed by atoms with van der Waals surface area (Å²) in [5.41, 5.74) is 2.02. The topological polar surface area (TPSA) is 79.3 Å². The number of aliphatic hydroxyl groups excluding tert-OH is 1. The predicted octanol–water partition coefficient (Wildman–Crippen LogP) is 4.33. The Bertz CT molecular complexity index is 1100. The van der Waals surface area contributed by atoms with Gasteiger partial charge in [0.05, 0.1) is 18.2 Å². The van der Waals surface area contributed by atoms with Gasteiger partial charge in [-0.05, 0) is 68.9 Å². The maximum atomic E-state index is 13.2. The van der Waals surface area contributed by atoms with Crippen molar-refractivity contribution in [2.24, 2.45) is 0 Å². The molecule has 2 aromatic rings. The van der Waals surface area contributed by atoms with E-state index in [1.54, 1.807) is 24.3 Å². The normalized spacial score (nSPS) is 17.2. The van der Waals surface area contributed by atoms with Crippen LogP contribution in [0.3, 0.4) is 0 Å². The number of benzene rings is 2. The first-order chi connectivity index (χ1) is 16.8. The number of ether oxygens (including phenoxy) is 2. The van der Waals surface area contributed by atoms with E-state index < -0.39 is 17.7 Å². The summed E-state index contributed by atoms with van der Waals surface area (Å²) in [6.45, 7) is 9.40. The Balaban J connectivity index is 2.07. The van der Waals surface area contributed by atoms with Gasteiger partial charge in [-0.15, -0.1) is 0 Å². The number of ketones is 1. The Kier molecular flexibility index (Phi) is 8.71. The van der Waals surface area contributed by atoms with Crippen LogP contribution in [0.5, 0.6) is 11.5 Å². The highest BCUT2D eigenvalue weighted by Gasteiger charge is 2.46. The number of Topliss-reactive ketones (excluding diaryl/α,β-unsaturated/α-hetero) is 1. The lowest BCUT2D eigenvalue weighted by Gasteiger charge is -2.26. The van der Waals surface area contributed by atoms with E-state index >= 15 is 0 Å². The first-order valence-corrected chi connectivity index (χ1v) is 11.8. The average Bonchev–Trinajstić information content (AvgIpc) is 3.09. The van der Waals surface area contributed by atoms with Crippen molar-refractivity contribution in [3.8, 4) is 11.5 Å². The molecule has 7 nitrogen and oxygen atoms in total. The second-order valence-corrected chi connectivity index (χ2v) is 8.79. The minimum atomic E-state index is -0.703. The molecule has 1 amide bonds. The highest BCUT2D eigenvalue weighted by Crippen LogP contribution is 2.40. The molecule has 7 heteroatoms. The summed E-state index contributed by atoms with van der Waals surface area (Å²) in [7, 11) is 3.82. The highest BCUT2D eigenvalue weighted by atomic mass is 16.5. The van der Waals surface area contributed by atoms with Crippen molar-refractivity contribution in [2.75, 3.05) is 40.4 Å².